The topological polar surface area (TPSA) is 38.7 Å². The number of hydrogen-bond acceptors (Lipinski definition) is 3. The van der Waals surface area contributed by atoms with Gasteiger partial charge in [0.15, 0.2) is 17.5 Å². The summed E-state index contributed by atoms with van der Waals surface area (Å²) in [5.41, 5.74) is 9.90. The molecule has 0 unspecified atom stereocenters. The minimum atomic E-state index is -0.412. The predicted molar refractivity (Wildman–Crippen MR) is 233 cm³/mol. The fraction of sp³-hybridized carbons (Fsp3) is 0. The highest BCUT2D eigenvalue weighted by atomic mass is 15.0. The number of aromatic nitrogens is 3. The van der Waals surface area contributed by atoms with E-state index >= 15 is 0 Å². The average Bonchev–Trinajstić information content (AvgIpc) is 3.32. The first-order chi connectivity index (χ1) is 29.8. The third-order valence-electron chi connectivity index (χ3n) is 10.2. The van der Waals surface area contributed by atoms with Crippen molar-refractivity contribution in [1.82, 2.24) is 15.0 Å². The van der Waals surface area contributed by atoms with E-state index < -0.39 is 6.04 Å². The van der Waals surface area contributed by atoms with Gasteiger partial charge in [-0.25, -0.2) is 15.0 Å². The van der Waals surface area contributed by atoms with E-state index in [1.165, 1.54) is 16.3 Å². The molecule has 3 nitrogen and oxygen atoms in total. The first-order valence-electron chi connectivity index (χ1n) is 21.0. The van der Waals surface area contributed by atoms with Gasteiger partial charge in [0.1, 0.15) is 0 Å². The van der Waals surface area contributed by atoms with Crippen molar-refractivity contribution >= 4 is 21.5 Å². The number of nitrogens with zero attached hydrogens (tertiary/aromatic N) is 3. The SMILES string of the molecule is [2H]c1c([2H])c([2H])c(-c2ccc3cc(-c4nc(-c5ccc(-c6ccccc6)cc5)nc(-c5cccc(-c6ccc(-c7cccc8ccccc78)cc6)c5)n4)ccc3c2)c([2H])c1[2H]. The standard InChI is InChI=1S/C53H35N3/c1-3-11-36(12-4-1)38-23-27-42(28-24-38)51-54-52(56-53(55-51)48-32-31-45-33-44(29-30-46(45)35-48)37-13-5-2-6-14-37)47-18-9-17-43(34-47)39-21-25-41(26-22-39)50-20-10-16-40-15-7-8-19-49(40)50/h1-35H/i2D,5D,6D,13D,14D. The fourth-order valence-electron chi connectivity index (χ4n) is 7.30. The van der Waals surface area contributed by atoms with E-state index in [2.05, 4.69) is 103 Å². The molecule has 262 valence electrons. The molecule has 0 fully saturated rings. The molecule has 10 aromatic rings. The number of fused-ring (bicyclic) bond motifs is 2. The molecule has 9 aromatic carbocycles. The third kappa shape index (κ3) is 6.52. The number of benzene rings is 9. The summed E-state index contributed by atoms with van der Waals surface area (Å²) < 4.78 is 41.3. The molecule has 0 atom stereocenters. The second-order valence-electron chi connectivity index (χ2n) is 13.7. The molecule has 0 spiro atoms. The zero-order chi connectivity index (χ0) is 41.6. The van der Waals surface area contributed by atoms with Crippen LogP contribution >= 0.6 is 0 Å². The van der Waals surface area contributed by atoms with Gasteiger partial charge < -0.3 is 0 Å². The molecule has 0 aliphatic rings. The van der Waals surface area contributed by atoms with Crippen molar-refractivity contribution < 1.29 is 6.85 Å². The lowest BCUT2D eigenvalue weighted by Gasteiger charge is -2.11. The summed E-state index contributed by atoms with van der Waals surface area (Å²) in [4.78, 5) is 15.2. The molecule has 0 saturated heterocycles. The van der Waals surface area contributed by atoms with Crippen LogP contribution in [0.3, 0.4) is 0 Å². The van der Waals surface area contributed by atoms with Gasteiger partial charge in [0.2, 0.25) is 0 Å². The Balaban J connectivity index is 1.04. The number of hydrogen-bond donors (Lipinski definition) is 0. The van der Waals surface area contributed by atoms with Crippen molar-refractivity contribution in [3.05, 3.63) is 212 Å². The van der Waals surface area contributed by atoms with Gasteiger partial charge in [-0.2, -0.15) is 0 Å². The summed E-state index contributed by atoms with van der Waals surface area (Å²) in [5, 5.41) is 4.17. The zero-order valence-electron chi connectivity index (χ0n) is 35.2. The summed E-state index contributed by atoms with van der Waals surface area (Å²) in [7, 11) is 0. The Morgan fingerprint density at radius 1 is 0.286 bits per heavy atom. The van der Waals surface area contributed by atoms with Crippen molar-refractivity contribution in [3.8, 4) is 78.7 Å². The smallest absolute Gasteiger partial charge is 0.164 e. The molecule has 0 aliphatic heterocycles. The lowest BCUT2D eigenvalue weighted by atomic mass is 9.96. The molecule has 0 bridgehead atoms. The Bertz CT molecular complexity index is 3260. The molecule has 0 radical (unpaired) electrons. The molecule has 0 amide bonds. The second-order valence-corrected chi connectivity index (χ2v) is 13.7. The second kappa shape index (κ2) is 14.4. The molecule has 56 heavy (non-hydrogen) atoms. The van der Waals surface area contributed by atoms with Gasteiger partial charge in [0, 0.05) is 16.7 Å². The van der Waals surface area contributed by atoms with Crippen LogP contribution in [0.2, 0.25) is 0 Å². The summed E-state index contributed by atoms with van der Waals surface area (Å²) in [6, 6.07) is 60.2. The monoisotopic (exact) mass is 718 g/mol. The number of rotatable bonds is 7. The maximum Gasteiger partial charge on any atom is 0.164 e. The van der Waals surface area contributed by atoms with Crippen molar-refractivity contribution in [3.63, 3.8) is 0 Å². The first-order valence-corrected chi connectivity index (χ1v) is 18.5. The van der Waals surface area contributed by atoms with Crippen molar-refractivity contribution in [2.24, 2.45) is 0 Å². The van der Waals surface area contributed by atoms with Crippen molar-refractivity contribution in [1.29, 1.82) is 0 Å². The highest BCUT2D eigenvalue weighted by molar-refractivity contribution is 5.97. The maximum atomic E-state index is 8.50. The lowest BCUT2D eigenvalue weighted by molar-refractivity contribution is 1.07. The molecular formula is C53H35N3. The Kier molecular flexibility index (Phi) is 7.20. The molecule has 10 rings (SSSR count). The van der Waals surface area contributed by atoms with Gasteiger partial charge in [-0.05, 0) is 84.3 Å². The van der Waals surface area contributed by atoms with Crippen LogP contribution in [0.5, 0.6) is 0 Å². The molecular weight excluding hydrogens is 679 g/mol. The maximum absolute atomic E-state index is 8.50. The van der Waals surface area contributed by atoms with Crippen LogP contribution in [0.25, 0.3) is 100 Å². The summed E-state index contributed by atoms with van der Waals surface area (Å²) in [6.45, 7) is 0. The van der Waals surface area contributed by atoms with Crippen LogP contribution in [0.1, 0.15) is 6.85 Å². The van der Waals surface area contributed by atoms with Crippen LogP contribution in [-0.2, 0) is 0 Å². The highest BCUT2D eigenvalue weighted by Crippen LogP contribution is 2.34. The lowest BCUT2D eigenvalue weighted by Crippen LogP contribution is -2.00. The zero-order valence-corrected chi connectivity index (χ0v) is 30.2. The van der Waals surface area contributed by atoms with Gasteiger partial charge in [-0.1, -0.05) is 194 Å². The Morgan fingerprint density at radius 2 is 0.750 bits per heavy atom. The Morgan fingerprint density at radius 3 is 1.50 bits per heavy atom. The normalized spacial score (nSPS) is 12.5. The minimum absolute atomic E-state index is 0.171. The Labute approximate surface area is 333 Å². The quantitative estimate of drug-likeness (QED) is 0.165. The van der Waals surface area contributed by atoms with Gasteiger partial charge in [-0.3, -0.25) is 0 Å². The third-order valence-corrected chi connectivity index (χ3v) is 10.2. The largest absolute Gasteiger partial charge is 0.208 e. The van der Waals surface area contributed by atoms with Crippen LogP contribution in [0.4, 0.5) is 0 Å². The van der Waals surface area contributed by atoms with Crippen LogP contribution in [0, 0.1) is 0 Å². The van der Waals surface area contributed by atoms with Gasteiger partial charge >= 0.3 is 0 Å². The van der Waals surface area contributed by atoms with E-state index in [0.29, 0.717) is 23.0 Å². The molecule has 1 heterocycles. The van der Waals surface area contributed by atoms with Gasteiger partial charge in [0.25, 0.3) is 0 Å². The van der Waals surface area contributed by atoms with E-state index in [-0.39, 0.29) is 29.7 Å². The molecule has 3 heteroatoms. The summed E-state index contributed by atoms with van der Waals surface area (Å²) in [6.07, 6.45) is 0. The van der Waals surface area contributed by atoms with Gasteiger partial charge in [0.05, 0.1) is 6.85 Å². The van der Waals surface area contributed by atoms with Crippen molar-refractivity contribution in [2.75, 3.05) is 0 Å². The average molecular weight is 719 g/mol. The van der Waals surface area contributed by atoms with E-state index in [1.54, 1.807) is 6.07 Å². The van der Waals surface area contributed by atoms with Gasteiger partial charge in [-0.15, -0.1) is 0 Å². The minimum Gasteiger partial charge on any atom is -0.208 e. The summed E-state index contributed by atoms with van der Waals surface area (Å²) >= 11 is 0. The molecule has 1 aromatic heterocycles. The summed E-state index contributed by atoms with van der Waals surface area (Å²) in [5.74, 6) is 1.59. The molecule has 0 N–H and O–H groups in total. The highest BCUT2D eigenvalue weighted by Gasteiger charge is 2.15. The molecule has 0 aliphatic carbocycles. The van der Waals surface area contributed by atoms with E-state index in [4.69, 9.17) is 21.8 Å². The van der Waals surface area contributed by atoms with E-state index in [0.717, 1.165) is 55.3 Å². The van der Waals surface area contributed by atoms with Crippen LogP contribution < -0.4 is 0 Å². The van der Waals surface area contributed by atoms with Crippen LogP contribution in [0.15, 0.2) is 212 Å². The molecule has 0 saturated carbocycles. The van der Waals surface area contributed by atoms with Crippen molar-refractivity contribution in [2.45, 2.75) is 0 Å². The van der Waals surface area contributed by atoms with E-state index in [9.17, 15) is 0 Å². The predicted octanol–water partition coefficient (Wildman–Crippen LogP) is 13.8. The fourth-order valence-corrected chi connectivity index (χ4v) is 7.30. The Hall–Kier alpha value is -7.49. The van der Waals surface area contributed by atoms with Crippen LogP contribution in [-0.4, -0.2) is 15.0 Å². The first kappa shape index (κ1) is 28.0. The van der Waals surface area contributed by atoms with E-state index in [1.807, 2.05) is 72.8 Å².